The maximum absolute atomic E-state index is 12.5. The SMILES string of the molecule is FC(F)(F)Oc1ccc([C@H](c2ccc3ccccc3c2)N2CCNCC2)cc1. The molecule has 146 valence electrons. The summed E-state index contributed by atoms with van der Waals surface area (Å²) in [6.07, 6.45) is -4.68. The number of nitrogens with one attached hydrogen (secondary N) is 1. The van der Waals surface area contributed by atoms with Crippen LogP contribution in [-0.4, -0.2) is 37.4 Å². The van der Waals surface area contributed by atoms with Crippen LogP contribution in [0.2, 0.25) is 0 Å². The Morgan fingerprint density at radius 2 is 1.46 bits per heavy atom. The highest BCUT2D eigenvalue weighted by atomic mass is 19.4. The van der Waals surface area contributed by atoms with Gasteiger partial charge in [-0.3, -0.25) is 4.90 Å². The van der Waals surface area contributed by atoms with Gasteiger partial charge in [0.1, 0.15) is 5.75 Å². The van der Waals surface area contributed by atoms with Gasteiger partial charge in [-0.05, 0) is 40.1 Å². The molecule has 6 heteroatoms. The number of fused-ring (bicyclic) bond motifs is 1. The number of alkyl halides is 3. The van der Waals surface area contributed by atoms with Crippen molar-refractivity contribution in [2.24, 2.45) is 0 Å². The van der Waals surface area contributed by atoms with Crippen LogP contribution in [0.15, 0.2) is 66.7 Å². The van der Waals surface area contributed by atoms with Crippen molar-refractivity contribution >= 4 is 10.8 Å². The Morgan fingerprint density at radius 3 is 2.14 bits per heavy atom. The molecule has 1 aliphatic rings. The van der Waals surface area contributed by atoms with Crippen molar-refractivity contribution in [3.05, 3.63) is 77.9 Å². The maximum atomic E-state index is 12.5. The molecule has 0 unspecified atom stereocenters. The minimum atomic E-state index is -4.68. The van der Waals surface area contributed by atoms with Gasteiger partial charge in [0.25, 0.3) is 0 Å². The molecule has 3 aromatic carbocycles. The highest BCUT2D eigenvalue weighted by Crippen LogP contribution is 2.33. The first kappa shape index (κ1) is 18.8. The van der Waals surface area contributed by atoms with E-state index < -0.39 is 6.36 Å². The summed E-state index contributed by atoms with van der Waals surface area (Å²) in [4.78, 5) is 2.36. The zero-order chi connectivity index (χ0) is 19.6. The van der Waals surface area contributed by atoms with E-state index in [-0.39, 0.29) is 11.8 Å². The van der Waals surface area contributed by atoms with Crippen molar-refractivity contribution in [1.82, 2.24) is 10.2 Å². The molecule has 1 atom stereocenters. The summed E-state index contributed by atoms with van der Waals surface area (Å²) >= 11 is 0. The molecule has 1 saturated heterocycles. The van der Waals surface area contributed by atoms with E-state index in [9.17, 15) is 13.2 Å². The predicted octanol–water partition coefficient (Wildman–Crippen LogP) is 4.73. The van der Waals surface area contributed by atoms with Crippen LogP contribution in [0.3, 0.4) is 0 Å². The first-order chi connectivity index (χ1) is 13.5. The van der Waals surface area contributed by atoms with Crippen molar-refractivity contribution in [2.75, 3.05) is 26.2 Å². The van der Waals surface area contributed by atoms with Crippen molar-refractivity contribution < 1.29 is 17.9 Å². The second-order valence-corrected chi connectivity index (χ2v) is 6.91. The van der Waals surface area contributed by atoms with Crippen molar-refractivity contribution in [3.63, 3.8) is 0 Å². The predicted molar refractivity (Wildman–Crippen MR) is 103 cm³/mol. The normalized spacial score (nSPS) is 16.8. The number of piperazine rings is 1. The summed E-state index contributed by atoms with van der Waals surface area (Å²) in [5.41, 5.74) is 2.08. The van der Waals surface area contributed by atoms with Gasteiger partial charge in [0.15, 0.2) is 0 Å². The van der Waals surface area contributed by atoms with Gasteiger partial charge in [0, 0.05) is 26.2 Å². The Bertz CT molecular complexity index is 934. The Labute approximate surface area is 161 Å². The average molecular weight is 386 g/mol. The van der Waals surface area contributed by atoms with Gasteiger partial charge in [-0.25, -0.2) is 0 Å². The van der Waals surface area contributed by atoms with Gasteiger partial charge >= 0.3 is 6.36 Å². The lowest BCUT2D eigenvalue weighted by Crippen LogP contribution is -2.45. The van der Waals surface area contributed by atoms with Gasteiger partial charge in [-0.15, -0.1) is 13.2 Å². The smallest absolute Gasteiger partial charge is 0.406 e. The van der Waals surface area contributed by atoms with Gasteiger partial charge in [0.2, 0.25) is 0 Å². The van der Waals surface area contributed by atoms with Gasteiger partial charge < -0.3 is 10.1 Å². The number of halogens is 3. The van der Waals surface area contributed by atoms with E-state index >= 15 is 0 Å². The third-order valence-electron chi connectivity index (χ3n) is 5.04. The van der Waals surface area contributed by atoms with Crippen LogP contribution >= 0.6 is 0 Å². The van der Waals surface area contributed by atoms with Crippen molar-refractivity contribution in [1.29, 1.82) is 0 Å². The Hall–Kier alpha value is -2.57. The fraction of sp³-hybridized carbons (Fsp3) is 0.273. The lowest BCUT2D eigenvalue weighted by atomic mass is 9.94. The van der Waals surface area contributed by atoms with E-state index in [0.29, 0.717) is 0 Å². The summed E-state index contributed by atoms with van der Waals surface area (Å²) in [6.45, 7) is 3.52. The molecule has 0 spiro atoms. The summed E-state index contributed by atoms with van der Waals surface area (Å²) < 4.78 is 41.4. The molecule has 3 nitrogen and oxygen atoms in total. The molecule has 4 rings (SSSR count). The standard InChI is InChI=1S/C22H21F3N2O/c23-22(24,25)28-20-9-7-17(8-10-20)21(27-13-11-26-12-14-27)19-6-5-16-3-1-2-4-18(16)15-19/h1-10,15,21,26H,11-14H2/t21-/m1/s1. The second-order valence-electron chi connectivity index (χ2n) is 6.91. The highest BCUT2D eigenvalue weighted by molar-refractivity contribution is 5.83. The van der Waals surface area contributed by atoms with E-state index in [2.05, 4.69) is 45.3 Å². The van der Waals surface area contributed by atoms with Gasteiger partial charge in [-0.2, -0.15) is 0 Å². The molecule has 1 fully saturated rings. The van der Waals surface area contributed by atoms with Gasteiger partial charge in [0.05, 0.1) is 6.04 Å². The zero-order valence-corrected chi connectivity index (χ0v) is 15.2. The molecule has 1 heterocycles. The molecule has 0 amide bonds. The van der Waals surface area contributed by atoms with E-state index in [1.807, 2.05) is 12.1 Å². The topological polar surface area (TPSA) is 24.5 Å². The van der Waals surface area contributed by atoms with Crippen LogP contribution in [0.5, 0.6) is 5.75 Å². The van der Waals surface area contributed by atoms with E-state index in [1.54, 1.807) is 12.1 Å². The first-order valence-electron chi connectivity index (χ1n) is 9.29. The molecular formula is C22H21F3N2O. The summed E-state index contributed by atoms with van der Waals surface area (Å²) in [7, 11) is 0. The molecule has 0 saturated carbocycles. The minimum Gasteiger partial charge on any atom is -0.406 e. The number of ether oxygens (including phenoxy) is 1. The third-order valence-corrected chi connectivity index (χ3v) is 5.04. The van der Waals surface area contributed by atoms with Crippen LogP contribution in [0.25, 0.3) is 10.8 Å². The molecule has 0 aliphatic carbocycles. The van der Waals surface area contributed by atoms with Crippen LogP contribution in [0.1, 0.15) is 17.2 Å². The monoisotopic (exact) mass is 386 g/mol. The maximum Gasteiger partial charge on any atom is 0.573 e. The molecule has 1 aliphatic heterocycles. The number of hydrogen-bond acceptors (Lipinski definition) is 3. The van der Waals surface area contributed by atoms with Crippen LogP contribution in [-0.2, 0) is 0 Å². The number of benzene rings is 3. The first-order valence-corrected chi connectivity index (χ1v) is 9.29. The lowest BCUT2D eigenvalue weighted by Gasteiger charge is -2.35. The Kier molecular flexibility index (Phi) is 5.24. The Morgan fingerprint density at radius 1 is 0.821 bits per heavy atom. The van der Waals surface area contributed by atoms with E-state index in [1.165, 1.54) is 17.5 Å². The molecule has 0 aromatic heterocycles. The molecule has 28 heavy (non-hydrogen) atoms. The largest absolute Gasteiger partial charge is 0.573 e. The minimum absolute atomic E-state index is 0.0216. The fourth-order valence-corrected chi connectivity index (χ4v) is 3.78. The van der Waals surface area contributed by atoms with E-state index in [4.69, 9.17) is 0 Å². The molecule has 0 bridgehead atoms. The summed E-state index contributed by atoms with van der Waals surface area (Å²) in [5.74, 6) is -0.200. The summed E-state index contributed by atoms with van der Waals surface area (Å²) in [6, 6.07) is 20.7. The Balaban J connectivity index is 1.70. The highest BCUT2D eigenvalue weighted by Gasteiger charge is 2.31. The third kappa shape index (κ3) is 4.29. The summed E-state index contributed by atoms with van der Waals surface area (Å²) in [5, 5.41) is 5.67. The quantitative estimate of drug-likeness (QED) is 0.701. The molecule has 0 radical (unpaired) electrons. The van der Waals surface area contributed by atoms with Crippen molar-refractivity contribution in [2.45, 2.75) is 12.4 Å². The van der Waals surface area contributed by atoms with Crippen LogP contribution in [0, 0.1) is 0 Å². The second kappa shape index (κ2) is 7.81. The lowest BCUT2D eigenvalue weighted by molar-refractivity contribution is -0.274. The molecular weight excluding hydrogens is 365 g/mol. The fourth-order valence-electron chi connectivity index (χ4n) is 3.78. The molecule has 3 aromatic rings. The number of rotatable bonds is 4. The van der Waals surface area contributed by atoms with Gasteiger partial charge in [-0.1, -0.05) is 48.5 Å². The number of hydrogen-bond donors (Lipinski definition) is 1. The van der Waals surface area contributed by atoms with Crippen LogP contribution < -0.4 is 10.1 Å². The zero-order valence-electron chi connectivity index (χ0n) is 15.2. The van der Waals surface area contributed by atoms with Crippen molar-refractivity contribution in [3.8, 4) is 5.75 Å². The molecule has 1 N–H and O–H groups in total. The number of nitrogens with zero attached hydrogens (tertiary/aromatic N) is 1. The van der Waals surface area contributed by atoms with E-state index in [0.717, 1.165) is 42.7 Å². The van der Waals surface area contributed by atoms with Crippen LogP contribution in [0.4, 0.5) is 13.2 Å². The average Bonchev–Trinajstić information content (AvgIpc) is 2.69.